The van der Waals surface area contributed by atoms with E-state index < -0.39 is 5.97 Å². The molecule has 0 amide bonds. The number of nitrogen functional groups attached to an aromatic ring is 1. The SMILES string of the molecule is COC(=O)c1c(NCC2CC2)noc1N. The number of nitrogens with zero attached hydrogens (tertiary/aromatic N) is 1. The van der Waals surface area contributed by atoms with Gasteiger partial charge in [-0.2, -0.15) is 0 Å². The first-order valence-corrected chi connectivity index (χ1v) is 4.79. The third-order valence-corrected chi connectivity index (χ3v) is 2.36. The van der Waals surface area contributed by atoms with Gasteiger partial charge in [-0.1, -0.05) is 5.16 Å². The van der Waals surface area contributed by atoms with Crippen LogP contribution in [-0.2, 0) is 4.74 Å². The first kappa shape index (κ1) is 9.82. The van der Waals surface area contributed by atoms with Crippen molar-refractivity contribution in [3.63, 3.8) is 0 Å². The second kappa shape index (κ2) is 3.80. The number of ether oxygens (including phenoxy) is 1. The molecule has 1 aliphatic carbocycles. The smallest absolute Gasteiger partial charge is 0.347 e. The summed E-state index contributed by atoms with van der Waals surface area (Å²) >= 11 is 0. The second-order valence-corrected chi connectivity index (χ2v) is 3.59. The maximum atomic E-state index is 11.3. The van der Waals surface area contributed by atoms with E-state index in [0.717, 1.165) is 6.54 Å². The van der Waals surface area contributed by atoms with Crippen molar-refractivity contribution in [3.05, 3.63) is 5.56 Å². The Labute approximate surface area is 86.7 Å². The molecule has 1 aromatic heterocycles. The third-order valence-electron chi connectivity index (χ3n) is 2.36. The molecule has 1 saturated carbocycles. The summed E-state index contributed by atoms with van der Waals surface area (Å²) < 4.78 is 9.32. The molecule has 0 radical (unpaired) electrons. The molecule has 15 heavy (non-hydrogen) atoms. The number of nitrogens with two attached hydrogens (primary N) is 1. The zero-order chi connectivity index (χ0) is 10.8. The van der Waals surface area contributed by atoms with Gasteiger partial charge in [0.1, 0.15) is 0 Å². The number of carbonyl (C=O) groups is 1. The lowest BCUT2D eigenvalue weighted by Gasteiger charge is -2.02. The van der Waals surface area contributed by atoms with Gasteiger partial charge >= 0.3 is 5.97 Å². The molecule has 0 atom stereocenters. The summed E-state index contributed by atoms with van der Waals surface area (Å²) in [5.41, 5.74) is 5.65. The summed E-state index contributed by atoms with van der Waals surface area (Å²) in [6.07, 6.45) is 2.43. The molecule has 0 saturated heterocycles. The predicted molar refractivity (Wildman–Crippen MR) is 53.5 cm³/mol. The van der Waals surface area contributed by atoms with Crippen LogP contribution in [-0.4, -0.2) is 24.8 Å². The molecule has 2 rings (SSSR count). The van der Waals surface area contributed by atoms with Gasteiger partial charge in [-0.25, -0.2) is 4.79 Å². The van der Waals surface area contributed by atoms with Gasteiger partial charge in [-0.15, -0.1) is 0 Å². The minimum atomic E-state index is -0.535. The van der Waals surface area contributed by atoms with Gasteiger partial charge in [-0.3, -0.25) is 0 Å². The third kappa shape index (κ3) is 2.03. The lowest BCUT2D eigenvalue weighted by atomic mass is 10.3. The van der Waals surface area contributed by atoms with Crippen LogP contribution in [0.2, 0.25) is 0 Å². The molecule has 0 spiro atoms. The van der Waals surface area contributed by atoms with Gasteiger partial charge in [0.25, 0.3) is 0 Å². The van der Waals surface area contributed by atoms with Crippen LogP contribution in [0.1, 0.15) is 23.2 Å². The van der Waals surface area contributed by atoms with Crippen molar-refractivity contribution < 1.29 is 14.1 Å². The number of hydrogen-bond donors (Lipinski definition) is 2. The number of anilines is 2. The van der Waals surface area contributed by atoms with E-state index in [9.17, 15) is 4.79 Å². The van der Waals surface area contributed by atoms with E-state index in [1.54, 1.807) is 0 Å². The van der Waals surface area contributed by atoms with E-state index in [0.29, 0.717) is 11.7 Å². The van der Waals surface area contributed by atoms with Crippen molar-refractivity contribution in [3.8, 4) is 0 Å². The average molecular weight is 211 g/mol. The first-order valence-electron chi connectivity index (χ1n) is 4.79. The molecule has 82 valence electrons. The van der Waals surface area contributed by atoms with Crippen molar-refractivity contribution in [2.75, 3.05) is 24.7 Å². The molecule has 0 aliphatic heterocycles. The molecule has 6 heteroatoms. The van der Waals surface area contributed by atoms with Crippen molar-refractivity contribution in [1.82, 2.24) is 5.16 Å². The highest BCUT2D eigenvalue weighted by atomic mass is 16.5. The van der Waals surface area contributed by atoms with Gasteiger partial charge in [0.15, 0.2) is 11.4 Å². The van der Waals surface area contributed by atoms with Crippen LogP contribution in [0.25, 0.3) is 0 Å². The quantitative estimate of drug-likeness (QED) is 0.718. The van der Waals surface area contributed by atoms with Crippen LogP contribution in [0.4, 0.5) is 11.7 Å². The normalized spacial score (nSPS) is 15.0. The standard InChI is InChI=1S/C9H13N3O3/c1-14-9(13)6-7(10)15-12-8(6)11-4-5-2-3-5/h5H,2-4,10H2,1H3,(H,11,12). The van der Waals surface area contributed by atoms with Crippen molar-refractivity contribution in [2.45, 2.75) is 12.8 Å². The Morgan fingerprint density at radius 2 is 2.47 bits per heavy atom. The predicted octanol–water partition coefficient (Wildman–Crippen LogP) is 0.865. The van der Waals surface area contributed by atoms with Crippen molar-refractivity contribution >= 4 is 17.7 Å². The summed E-state index contributed by atoms with van der Waals surface area (Å²) in [6, 6.07) is 0. The monoisotopic (exact) mass is 211 g/mol. The Morgan fingerprint density at radius 3 is 3.07 bits per heavy atom. The molecule has 1 fully saturated rings. The van der Waals surface area contributed by atoms with Crippen LogP contribution in [0.15, 0.2) is 4.52 Å². The van der Waals surface area contributed by atoms with Gasteiger partial charge in [0.05, 0.1) is 7.11 Å². The summed E-state index contributed by atoms with van der Waals surface area (Å²) in [6.45, 7) is 0.788. The maximum Gasteiger partial charge on any atom is 0.347 e. The van der Waals surface area contributed by atoms with Crippen molar-refractivity contribution in [2.24, 2.45) is 5.92 Å². The number of aromatic nitrogens is 1. The molecular weight excluding hydrogens is 198 g/mol. The number of carbonyl (C=O) groups excluding carboxylic acids is 1. The Bertz CT molecular complexity index is 371. The summed E-state index contributed by atoms with van der Waals surface area (Å²) in [7, 11) is 1.29. The van der Waals surface area contributed by atoms with Gasteiger partial charge in [-0.05, 0) is 18.8 Å². The molecule has 3 N–H and O–H groups in total. The highest BCUT2D eigenvalue weighted by Gasteiger charge is 2.25. The van der Waals surface area contributed by atoms with E-state index in [4.69, 9.17) is 10.3 Å². The highest BCUT2D eigenvalue weighted by molar-refractivity contribution is 5.98. The van der Waals surface area contributed by atoms with Crippen LogP contribution >= 0.6 is 0 Å². The summed E-state index contributed by atoms with van der Waals surface area (Å²) in [4.78, 5) is 11.3. The van der Waals surface area contributed by atoms with E-state index in [1.807, 2.05) is 0 Å². The molecule has 1 heterocycles. The Morgan fingerprint density at radius 1 is 1.73 bits per heavy atom. The van der Waals surface area contributed by atoms with Gasteiger partial charge in [0, 0.05) is 6.54 Å². The van der Waals surface area contributed by atoms with Crippen molar-refractivity contribution in [1.29, 1.82) is 0 Å². The summed E-state index contributed by atoms with van der Waals surface area (Å²) in [5, 5.41) is 6.70. The zero-order valence-corrected chi connectivity index (χ0v) is 8.45. The fourth-order valence-corrected chi connectivity index (χ4v) is 1.29. The number of esters is 1. The lowest BCUT2D eigenvalue weighted by molar-refractivity contribution is 0.0602. The molecule has 0 aromatic carbocycles. The first-order chi connectivity index (χ1) is 7.22. The molecule has 0 unspecified atom stereocenters. The molecule has 1 aliphatic rings. The lowest BCUT2D eigenvalue weighted by Crippen LogP contribution is -2.10. The zero-order valence-electron chi connectivity index (χ0n) is 8.45. The number of rotatable bonds is 4. The van der Waals surface area contributed by atoms with E-state index in [-0.39, 0.29) is 11.4 Å². The van der Waals surface area contributed by atoms with E-state index in [1.165, 1.54) is 20.0 Å². The van der Waals surface area contributed by atoms with E-state index in [2.05, 4.69) is 15.2 Å². The maximum absolute atomic E-state index is 11.3. The molecule has 6 nitrogen and oxygen atoms in total. The number of nitrogens with one attached hydrogen (secondary N) is 1. The van der Waals surface area contributed by atoms with Gasteiger partial charge < -0.3 is 20.3 Å². The molecule has 1 aromatic rings. The Balaban J connectivity index is 2.10. The van der Waals surface area contributed by atoms with Crippen LogP contribution in [0.5, 0.6) is 0 Å². The number of hydrogen-bond acceptors (Lipinski definition) is 6. The largest absolute Gasteiger partial charge is 0.465 e. The minimum Gasteiger partial charge on any atom is -0.465 e. The van der Waals surface area contributed by atoms with Gasteiger partial charge in [0.2, 0.25) is 5.88 Å². The Kier molecular flexibility index (Phi) is 2.49. The summed E-state index contributed by atoms with van der Waals surface area (Å²) in [5.74, 6) is 0.492. The number of methoxy groups -OCH3 is 1. The molecule has 0 bridgehead atoms. The van der Waals surface area contributed by atoms with E-state index >= 15 is 0 Å². The Hall–Kier alpha value is -1.72. The second-order valence-electron chi connectivity index (χ2n) is 3.59. The van der Waals surface area contributed by atoms with Crippen LogP contribution in [0.3, 0.4) is 0 Å². The average Bonchev–Trinajstić information content (AvgIpc) is 2.99. The molecular formula is C9H13N3O3. The highest BCUT2D eigenvalue weighted by Crippen LogP contribution is 2.30. The van der Waals surface area contributed by atoms with Crippen LogP contribution < -0.4 is 11.1 Å². The minimum absolute atomic E-state index is 0.0138. The fraction of sp³-hybridized carbons (Fsp3) is 0.556. The topological polar surface area (TPSA) is 90.4 Å². The fourth-order valence-electron chi connectivity index (χ4n) is 1.29. The van der Waals surface area contributed by atoms with Crippen LogP contribution in [0, 0.1) is 5.92 Å².